The van der Waals surface area contributed by atoms with Crippen LogP contribution < -0.4 is 10.4 Å². The summed E-state index contributed by atoms with van der Waals surface area (Å²) >= 11 is 0. The van der Waals surface area contributed by atoms with Gasteiger partial charge in [0.05, 0.1) is 19.8 Å². The number of hydrogen-bond acceptors (Lipinski definition) is 17. The minimum absolute atomic E-state index is 0.167. The zero-order valence-electron chi connectivity index (χ0n) is 23.3. The van der Waals surface area contributed by atoms with Crippen LogP contribution in [0.5, 0.6) is 5.75 Å². The molecular formula is C27H36O17. The van der Waals surface area contributed by atoms with Crippen LogP contribution in [-0.2, 0) is 23.7 Å². The Morgan fingerprint density at radius 1 is 0.750 bits per heavy atom. The molecule has 1 aromatic heterocycles. The standard InChI is InChI=1S/C27H36O17/c1-9-4-16(30)40-12-5-10(2-3-11(9)12)39-25-21(35)18(32)15(8-38-25)43-27-23(37)24(19(33)14(7-29)42-27)44-26-22(36)20(34)17(31)13(6-28)41-26/h2-5,13-15,17-29,31-37H,6-8H2,1H3/t13-,14-,15-,17+,18+,19+,20+,21-,22-,23-,24+,25+,26+,27+/m1/s1. The third-order valence-electron chi connectivity index (χ3n) is 7.88. The Kier molecular flexibility index (Phi) is 10.2. The van der Waals surface area contributed by atoms with Gasteiger partial charge in [0.25, 0.3) is 0 Å². The highest BCUT2D eigenvalue weighted by Gasteiger charge is 2.52. The molecule has 0 saturated carbocycles. The van der Waals surface area contributed by atoms with Gasteiger partial charge in [0.15, 0.2) is 12.6 Å². The minimum atomic E-state index is -1.86. The number of rotatable bonds is 8. The lowest BCUT2D eigenvalue weighted by atomic mass is 9.96. The second kappa shape index (κ2) is 13.6. The smallest absolute Gasteiger partial charge is 0.336 e. The maximum Gasteiger partial charge on any atom is 0.336 e. The third-order valence-corrected chi connectivity index (χ3v) is 7.88. The van der Waals surface area contributed by atoms with Crippen LogP contribution in [0.25, 0.3) is 11.0 Å². The summed E-state index contributed by atoms with van der Waals surface area (Å²) in [5.74, 6) is 0.167. The molecule has 3 fully saturated rings. The number of fused-ring (bicyclic) bond motifs is 1. The molecule has 1 aromatic carbocycles. The number of benzene rings is 1. The van der Waals surface area contributed by atoms with Crippen LogP contribution in [0.2, 0.25) is 0 Å². The lowest BCUT2D eigenvalue weighted by Crippen LogP contribution is -2.66. The van der Waals surface area contributed by atoms with E-state index in [-0.39, 0.29) is 17.9 Å². The Bertz CT molecular complexity index is 1320. The van der Waals surface area contributed by atoms with Crippen molar-refractivity contribution in [2.24, 2.45) is 0 Å². The van der Waals surface area contributed by atoms with Crippen molar-refractivity contribution in [2.75, 3.05) is 19.8 Å². The van der Waals surface area contributed by atoms with E-state index in [0.29, 0.717) is 10.9 Å². The van der Waals surface area contributed by atoms with E-state index >= 15 is 0 Å². The Morgan fingerprint density at radius 3 is 2.07 bits per heavy atom. The number of hydrogen-bond donors (Lipinski definition) is 9. The van der Waals surface area contributed by atoms with E-state index < -0.39 is 105 Å². The minimum Gasteiger partial charge on any atom is -0.462 e. The van der Waals surface area contributed by atoms with Crippen molar-refractivity contribution >= 4 is 11.0 Å². The molecule has 0 bridgehead atoms. The average molecular weight is 633 g/mol. The van der Waals surface area contributed by atoms with Crippen molar-refractivity contribution < 1.29 is 78.8 Å². The van der Waals surface area contributed by atoms with Gasteiger partial charge >= 0.3 is 5.63 Å². The highest BCUT2D eigenvalue weighted by atomic mass is 16.8. The van der Waals surface area contributed by atoms with Gasteiger partial charge in [-0.2, -0.15) is 0 Å². The largest absolute Gasteiger partial charge is 0.462 e. The van der Waals surface area contributed by atoms with E-state index in [4.69, 9.17) is 32.8 Å². The molecular weight excluding hydrogens is 596 g/mol. The summed E-state index contributed by atoms with van der Waals surface area (Å²) in [6.07, 6.45) is -22.8. The normalized spacial score (nSPS) is 41.5. The Hall–Kier alpha value is -2.33. The first kappa shape index (κ1) is 33.0. The Morgan fingerprint density at radius 2 is 1.39 bits per heavy atom. The molecule has 44 heavy (non-hydrogen) atoms. The van der Waals surface area contributed by atoms with Crippen molar-refractivity contribution in [3.63, 3.8) is 0 Å². The third kappa shape index (κ3) is 6.48. The second-order valence-electron chi connectivity index (χ2n) is 10.9. The molecule has 4 heterocycles. The van der Waals surface area contributed by atoms with Crippen LogP contribution in [-0.4, -0.2) is 152 Å². The SMILES string of the molecule is Cc1cc(=O)oc2cc(O[C@@H]3OC[C@@H](O[C@@H]4O[C@H](CO)[C@H](O)[C@H](O[C@@H]5O[C@H](CO)[C@H](O)[C@H](O)[C@H]5O)[C@H]4O)[C@H](O)[C@H]3O)ccc12. The van der Waals surface area contributed by atoms with Gasteiger partial charge in [0.1, 0.15) is 78.5 Å². The molecule has 14 atom stereocenters. The summed E-state index contributed by atoms with van der Waals surface area (Å²) in [5.41, 5.74) is 0.376. The number of aliphatic hydroxyl groups is 9. The fourth-order valence-corrected chi connectivity index (χ4v) is 5.34. The van der Waals surface area contributed by atoms with Crippen LogP contribution >= 0.6 is 0 Å². The van der Waals surface area contributed by atoms with Crippen LogP contribution in [0.1, 0.15) is 5.56 Å². The molecule has 2 aromatic rings. The number of aliphatic hydroxyl groups excluding tert-OH is 9. The predicted molar refractivity (Wildman–Crippen MR) is 141 cm³/mol. The van der Waals surface area contributed by atoms with E-state index in [1.54, 1.807) is 19.1 Å². The zero-order valence-corrected chi connectivity index (χ0v) is 23.3. The highest BCUT2D eigenvalue weighted by molar-refractivity contribution is 5.81. The van der Waals surface area contributed by atoms with Gasteiger partial charge in [-0.3, -0.25) is 0 Å². The van der Waals surface area contributed by atoms with Crippen molar-refractivity contribution in [1.82, 2.24) is 0 Å². The Balaban J connectivity index is 1.25. The molecule has 246 valence electrons. The monoisotopic (exact) mass is 632 g/mol. The van der Waals surface area contributed by atoms with Crippen molar-refractivity contribution in [1.29, 1.82) is 0 Å². The lowest BCUT2D eigenvalue weighted by Gasteiger charge is -2.47. The topological polar surface area (TPSA) is 268 Å². The van der Waals surface area contributed by atoms with Crippen molar-refractivity contribution in [3.8, 4) is 5.75 Å². The van der Waals surface area contributed by atoms with Crippen LogP contribution in [0, 0.1) is 6.92 Å². The first-order valence-corrected chi connectivity index (χ1v) is 13.9. The molecule has 5 rings (SSSR count). The van der Waals surface area contributed by atoms with Crippen LogP contribution in [0.3, 0.4) is 0 Å². The maximum absolute atomic E-state index is 11.7. The van der Waals surface area contributed by atoms with Gasteiger partial charge in [0.2, 0.25) is 6.29 Å². The summed E-state index contributed by atoms with van der Waals surface area (Å²) in [7, 11) is 0. The number of ether oxygens (including phenoxy) is 6. The lowest BCUT2D eigenvalue weighted by molar-refractivity contribution is -0.372. The molecule has 0 aliphatic carbocycles. The molecule has 3 saturated heterocycles. The zero-order chi connectivity index (χ0) is 31.9. The van der Waals surface area contributed by atoms with Crippen LogP contribution in [0.15, 0.2) is 33.5 Å². The Labute approximate surface area is 248 Å². The quantitative estimate of drug-likeness (QED) is 0.124. The van der Waals surface area contributed by atoms with Gasteiger partial charge in [-0.05, 0) is 24.6 Å². The molecule has 0 unspecified atom stereocenters. The molecule has 3 aliphatic heterocycles. The molecule has 17 nitrogen and oxygen atoms in total. The highest BCUT2D eigenvalue weighted by Crippen LogP contribution is 2.32. The van der Waals surface area contributed by atoms with Gasteiger partial charge in [-0.1, -0.05) is 0 Å². The molecule has 0 amide bonds. The first-order valence-electron chi connectivity index (χ1n) is 13.9. The van der Waals surface area contributed by atoms with Gasteiger partial charge in [-0.25, -0.2) is 4.79 Å². The summed E-state index contributed by atoms with van der Waals surface area (Å²) in [6, 6.07) is 5.98. The number of aryl methyl sites for hydroxylation is 1. The van der Waals surface area contributed by atoms with Crippen molar-refractivity contribution in [2.45, 2.75) is 92.9 Å². The fourth-order valence-electron chi connectivity index (χ4n) is 5.34. The maximum atomic E-state index is 11.7. The fraction of sp³-hybridized carbons (Fsp3) is 0.667. The molecule has 0 radical (unpaired) electrons. The van der Waals surface area contributed by atoms with E-state index in [9.17, 15) is 50.8 Å². The molecule has 9 N–H and O–H groups in total. The summed E-state index contributed by atoms with van der Waals surface area (Å²) in [4.78, 5) is 11.7. The van der Waals surface area contributed by atoms with E-state index in [1.807, 2.05) is 0 Å². The summed E-state index contributed by atoms with van der Waals surface area (Å²) in [5, 5.41) is 93.4. The predicted octanol–water partition coefficient (Wildman–Crippen LogP) is -4.43. The van der Waals surface area contributed by atoms with Gasteiger partial charge in [-0.15, -0.1) is 0 Å². The van der Waals surface area contributed by atoms with Crippen molar-refractivity contribution in [3.05, 3.63) is 40.2 Å². The van der Waals surface area contributed by atoms with E-state index in [2.05, 4.69) is 0 Å². The summed E-state index contributed by atoms with van der Waals surface area (Å²) in [6.45, 7) is -0.180. The molecule has 3 aliphatic rings. The van der Waals surface area contributed by atoms with E-state index in [0.717, 1.165) is 0 Å². The molecule has 17 heteroatoms. The molecule has 0 spiro atoms. The van der Waals surface area contributed by atoms with Gasteiger partial charge in [0, 0.05) is 17.5 Å². The van der Waals surface area contributed by atoms with E-state index in [1.165, 1.54) is 12.1 Å². The first-order chi connectivity index (χ1) is 20.9. The van der Waals surface area contributed by atoms with Gasteiger partial charge < -0.3 is 78.8 Å². The average Bonchev–Trinajstić information content (AvgIpc) is 2.99. The van der Waals surface area contributed by atoms with Crippen LogP contribution in [0.4, 0.5) is 0 Å². The second-order valence-corrected chi connectivity index (χ2v) is 10.9. The summed E-state index contributed by atoms with van der Waals surface area (Å²) < 4.78 is 38.4.